The van der Waals surface area contributed by atoms with E-state index in [1.807, 2.05) is 36.6 Å². The fourth-order valence-electron chi connectivity index (χ4n) is 2.96. The summed E-state index contributed by atoms with van der Waals surface area (Å²) in [7, 11) is -3.06. The van der Waals surface area contributed by atoms with Gasteiger partial charge in [-0.05, 0) is 44.0 Å². The largest absolute Gasteiger partial charge is 0.487 e. The first-order valence-electron chi connectivity index (χ1n) is 8.58. The average molecular weight is 407 g/mol. The minimum absolute atomic E-state index is 0.0149. The quantitative estimate of drug-likeness (QED) is 0.746. The van der Waals surface area contributed by atoms with Gasteiger partial charge in [0, 0.05) is 11.5 Å². The Labute approximate surface area is 163 Å². The van der Waals surface area contributed by atoms with E-state index < -0.39 is 15.4 Å². The molecule has 8 heteroatoms. The van der Waals surface area contributed by atoms with Gasteiger partial charge in [-0.1, -0.05) is 12.1 Å². The minimum Gasteiger partial charge on any atom is -0.487 e. The zero-order valence-electron chi connectivity index (χ0n) is 15.3. The molecule has 0 saturated carbocycles. The van der Waals surface area contributed by atoms with E-state index in [0.29, 0.717) is 18.8 Å². The van der Waals surface area contributed by atoms with E-state index in [1.54, 1.807) is 24.3 Å². The number of aryl methyl sites for hydroxylation is 1. The van der Waals surface area contributed by atoms with Crippen LogP contribution in [0.1, 0.15) is 29.6 Å². The maximum Gasteiger partial charge on any atom is 0.244 e. The summed E-state index contributed by atoms with van der Waals surface area (Å²) in [5, 5.41) is 5.77. The summed E-state index contributed by atoms with van der Waals surface area (Å²) >= 11 is 1.58. The lowest BCUT2D eigenvalue weighted by Crippen LogP contribution is -2.46. The van der Waals surface area contributed by atoms with Crippen LogP contribution in [0, 0.1) is 6.92 Å². The number of carbonyl (C=O) groups is 1. The third-order valence-electron chi connectivity index (χ3n) is 4.27. The Hall–Kier alpha value is -2.19. The molecule has 1 aliphatic heterocycles. The maximum atomic E-state index is 12.2. The second kappa shape index (κ2) is 7.82. The Kier molecular flexibility index (Phi) is 5.67. The second-order valence-corrected chi connectivity index (χ2v) is 10.2. The van der Waals surface area contributed by atoms with Crippen LogP contribution in [0.25, 0.3) is 6.08 Å². The van der Waals surface area contributed by atoms with Crippen molar-refractivity contribution in [2.24, 2.45) is 0 Å². The molecule has 0 bridgehead atoms. The van der Waals surface area contributed by atoms with Crippen molar-refractivity contribution in [3.05, 3.63) is 52.0 Å². The summed E-state index contributed by atoms with van der Waals surface area (Å²) in [6, 6.07) is 7.40. The zero-order valence-corrected chi connectivity index (χ0v) is 16.9. The topological polar surface area (TPSA) is 85.4 Å². The summed E-state index contributed by atoms with van der Waals surface area (Å²) in [6.45, 7) is 4.11. The van der Waals surface area contributed by atoms with Crippen LogP contribution in [0.5, 0.6) is 5.75 Å². The highest BCUT2D eigenvalue weighted by Gasteiger charge is 2.39. The lowest BCUT2D eigenvalue weighted by molar-refractivity contribution is -0.117. The molecule has 1 aromatic carbocycles. The molecule has 27 heavy (non-hydrogen) atoms. The Morgan fingerprint density at radius 2 is 2.26 bits per heavy atom. The summed E-state index contributed by atoms with van der Waals surface area (Å²) in [5.41, 5.74) is 1.01. The van der Waals surface area contributed by atoms with E-state index in [4.69, 9.17) is 4.74 Å². The summed E-state index contributed by atoms with van der Waals surface area (Å²) in [6.07, 6.45) is 3.54. The van der Waals surface area contributed by atoms with Crippen molar-refractivity contribution in [2.45, 2.75) is 32.4 Å². The fourth-order valence-corrected chi connectivity index (χ4v) is 5.65. The number of aromatic nitrogens is 1. The molecule has 144 valence electrons. The molecular weight excluding hydrogens is 384 g/mol. The molecule has 2 heterocycles. The highest BCUT2D eigenvalue weighted by molar-refractivity contribution is 7.91. The molecular formula is C19H22N2O4S2. The Morgan fingerprint density at radius 3 is 2.93 bits per heavy atom. The number of ether oxygens (including phenoxy) is 1. The SMILES string of the molecule is Cc1nc(COc2cccc(/C=C/C(=O)NC3(C)CCS(=O)(=O)C3)c2)cs1. The van der Waals surface area contributed by atoms with Crippen molar-refractivity contribution in [3.63, 3.8) is 0 Å². The number of thiazole rings is 1. The molecule has 1 unspecified atom stereocenters. The Balaban J connectivity index is 1.57. The van der Waals surface area contributed by atoms with Gasteiger partial charge in [-0.15, -0.1) is 11.3 Å². The number of benzene rings is 1. The molecule has 1 fully saturated rings. The van der Waals surface area contributed by atoms with Gasteiger partial charge in [-0.25, -0.2) is 13.4 Å². The van der Waals surface area contributed by atoms with E-state index in [2.05, 4.69) is 10.3 Å². The molecule has 1 amide bonds. The Bertz CT molecular complexity index is 966. The van der Waals surface area contributed by atoms with Gasteiger partial charge in [0.2, 0.25) is 5.91 Å². The first-order chi connectivity index (χ1) is 12.7. The highest BCUT2D eigenvalue weighted by atomic mass is 32.2. The molecule has 2 aromatic rings. The smallest absolute Gasteiger partial charge is 0.244 e. The number of hydrogen-bond acceptors (Lipinski definition) is 6. The third kappa shape index (κ3) is 5.64. The van der Waals surface area contributed by atoms with Gasteiger partial charge >= 0.3 is 0 Å². The lowest BCUT2D eigenvalue weighted by Gasteiger charge is -2.22. The van der Waals surface area contributed by atoms with Crippen LogP contribution in [0.3, 0.4) is 0 Å². The molecule has 1 N–H and O–H groups in total. The van der Waals surface area contributed by atoms with Crippen LogP contribution < -0.4 is 10.1 Å². The number of nitrogens with one attached hydrogen (secondary N) is 1. The van der Waals surface area contributed by atoms with Crippen molar-refractivity contribution in [1.29, 1.82) is 0 Å². The first-order valence-corrected chi connectivity index (χ1v) is 11.3. The molecule has 0 radical (unpaired) electrons. The van der Waals surface area contributed by atoms with Crippen LogP contribution >= 0.6 is 11.3 Å². The summed E-state index contributed by atoms with van der Waals surface area (Å²) < 4.78 is 29.0. The molecule has 1 saturated heterocycles. The van der Waals surface area contributed by atoms with Crippen molar-refractivity contribution < 1.29 is 17.9 Å². The van der Waals surface area contributed by atoms with Crippen LogP contribution in [-0.4, -0.2) is 36.4 Å². The van der Waals surface area contributed by atoms with E-state index in [0.717, 1.165) is 16.3 Å². The molecule has 1 aliphatic rings. The molecule has 1 aromatic heterocycles. The second-order valence-electron chi connectivity index (χ2n) is 6.94. The van der Waals surface area contributed by atoms with Gasteiger partial charge in [-0.2, -0.15) is 0 Å². The molecule has 1 atom stereocenters. The normalized spacial score (nSPS) is 21.4. The summed E-state index contributed by atoms with van der Waals surface area (Å²) in [5.74, 6) is 0.487. The number of rotatable bonds is 6. The van der Waals surface area contributed by atoms with Gasteiger partial charge in [0.1, 0.15) is 12.4 Å². The van der Waals surface area contributed by atoms with Crippen molar-refractivity contribution >= 4 is 33.2 Å². The first kappa shape index (κ1) is 19.6. The maximum absolute atomic E-state index is 12.2. The molecule has 0 spiro atoms. The molecule has 6 nitrogen and oxygen atoms in total. The van der Waals surface area contributed by atoms with Gasteiger partial charge in [0.05, 0.1) is 27.7 Å². The van der Waals surface area contributed by atoms with E-state index in [9.17, 15) is 13.2 Å². The van der Waals surface area contributed by atoms with Gasteiger partial charge in [-0.3, -0.25) is 4.79 Å². The fraction of sp³-hybridized carbons (Fsp3) is 0.368. The molecule has 3 rings (SSSR count). The van der Waals surface area contributed by atoms with Crippen molar-refractivity contribution in [2.75, 3.05) is 11.5 Å². The van der Waals surface area contributed by atoms with Crippen molar-refractivity contribution in [1.82, 2.24) is 10.3 Å². The van der Waals surface area contributed by atoms with E-state index in [1.165, 1.54) is 6.08 Å². The third-order valence-corrected chi connectivity index (χ3v) is 6.99. The zero-order chi connectivity index (χ0) is 19.5. The molecule has 0 aliphatic carbocycles. The lowest BCUT2D eigenvalue weighted by atomic mass is 10.0. The van der Waals surface area contributed by atoms with Crippen LogP contribution in [0.2, 0.25) is 0 Å². The standard InChI is InChI=1S/C19H22N2O4S2/c1-14-20-16(12-26-14)11-25-17-5-3-4-15(10-17)6-7-18(22)21-19(2)8-9-27(23,24)13-19/h3-7,10,12H,8-9,11,13H2,1-2H3,(H,21,22)/b7-6+. The van der Waals surface area contributed by atoms with E-state index >= 15 is 0 Å². The Morgan fingerprint density at radius 1 is 1.44 bits per heavy atom. The van der Waals surface area contributed by atoms with Crippen molar-refractivity contribution in [3.8, 4) is 5.75 Å². The van der Waals surface area contributed by atoms with Gasteiger partial charge in [0.25, 0.3) is 0 Å². The van der Waals surface area contributed by atoms with Gasteiger partial charge < -0.3 is 10.1 Å². The highest BCUT2D eigenvalue weighted by Crippen LogP contribution is 2.23. The van der Waals surface area contributed by atoms with Crippen LogP contribution in [0.4, 0.5) is 0 Å². The number of carbonyl (C=O) groups excluding carboxylic acids is 1. The van der Waals surface area contributed by atoms with E-state index in [-0.39, 0.29) is 17.4 Å². The predicted molar refractivity (Wildman–Crippen MR) is 106 cm³/mol. The number of sulfone groups is 1. The monoisotopic (exact) mass is 406 g/mol. The minimum atomic E-state index is -3.06. The number of nitrogens with zero attached hydrogens (tertiary/aromatic N) is 1. The van der Waals surface area contributed by atoms with Gasteiger partial charge in [0.15, 0.2) is 9.84 Å². The summed E-state index contributed by atoms with van der Waals surface area (Å²) in [4.78, 5) is 16.5. The van der Waals surface area contributed by atoms with Crippen LogP contribution in [0.15, 0.2) is 35.7 Å². The average Bonchev–Trinajstić information content (AvgIpc) is 3.13. The predicted octanol–water partition coefficient (Wildman–Crippen LogP) is 2.74. The van der Waals surface area contributed by atoms with Crippen LogP contribution in [-0.2, 0) is 21.2 Å². The number of amides is 1. The number of hydrogen-bond donors (Lipinski definition) is 1.